The minimum Gasteiger partial charge on any atom is -0.355 e. The largest absolute Gasteiger partial charge is 0.355 e. The summed E-state index contributed by atoms with van der Waals surface area (Å²) in [5.74, 6) is 0.114. The van der Waals surface area contributed by atoms with Crippen LogP contribution in [0.5, 0.6) is 0 Å². The zero-order valence-electron chi connectivity index (χ0n) is 17.8. The molecule has 1 aliphatic rings. The number of aromatic nitrogens is 3. The summed E-state index contributed by atoms with van der Waals surface area (Å²) in [5, 5.41) is 8.68. The minimum atomic E-state index is 0.114. The van der Waals surface area contributed by atoms with E-state index >= 15 is 0 Å². The minimum absolute atomic E-state index is 0.114. The van der Waals surface area contributed by atoms with Gasteiger partial charge in [-0.05, 0) is 38.5 Å². The molecule has 1 N–H and O–H groups in total. The predicted molar refractivity (Wildman–Crippen MR) is 121 cm³/mol. The van der Waals surface area contributed by atoms with Crippen molar-refractivity contribution in [3.63, 3.8) is 0 Å². The van der Waals surface area contributed by atoms with Crippen LogP contribution in [0.1, 0.15) is 22.8 Å². The number of piperazine rings is 1. The maximum Gasteiger partial charge on any atom is 0.234 e. The first kappa shape index (κ1) is 21.0. The lowest BCUT2D eigenvalue weighted by Gasteiger charge is -2.33. The second-order valence-electron chi connectivity index (χ2n) is 7.98. The molecular formula is C22H30N6OS. The Morgan fingerprint density at radius 3 is 2.63 bits per heavy atom. The zero-order valence-corrected chi connectivity index (χ0v) is 18.6. The molecule has 0 bridgehead atoms. The van der Waals surface area contributed by atoms with E-state index in [2.05, 4.69) is 51.4 Å². The molecule has 3 heterocycles. The fraction of sp³-hybridized carbons (Fsp3) is 0.500. The molecule has 0 radical (unpaired) electrons. The Labute approximate surface area is 181 Å². The highest BCUT2D eigenvalue weighted by atomic mass is 32.1. The van der Waals surface area contributed by atoms with Gasteiger partial charge in [0.25, 0.3) is 0 Å². The molecule has 1 aromatic carbocycles. The number of aryl methyl sites for hydroxylation is 3. The molecule has 7 nitrogen and oxygen atoms in total. The van der Waals surface area contributed by atoms with Crippen LogP contribution in [0, 0.1) is 13.8 Å². The van der Waals surface area contributed by atoms with Gasteiger partial charge in [-0.25, -0.2) is 4.98 Å². The number of hydrogen-bond donors (Lipinski definition) is 1. The Balaban J connectivity index is 1.14. The van der Waals surface area contributed by atoms with Gasteiger partial charge in [-0.1, -0.05) is 12.1 Å². The molecule has 2 aromatic heterocycles. The van der Waals surface area contributed by atoms with E-state index in [1.54, 1.807) is 11.3 Å². The second kappa shape index (κ2) is 9.68. The fourth-order valence-electron chi connectivity index (χ4n) is 3.90. The standard InChI is InChI=1S/C22H30N6OS/c1-17-14-18(2)28(25-17)9-5-8-23-21(29)15-26-10-12-27(13-11-26)16-22-24-19-6-3-4-7-20(19)30-22/h3-4,6-7,14H,5,8-13,15-16H2,1-2H3,(H,23,29). The molecule has 0 spiro atoms. The smallest absolute Gasteiger partial charge is 0.234 e. The van der Waals surface area contributed by atoms with Crippen molar-refractivity contribution in [2.75, 3.05) is 39.3 Å². The number of nitrogens with one attached hydrogen (secondary N) is 1. The number of fused-ring (bicyclic) bond motifs is 1. The Morgan fingerprint density at radius 1 is 1.13 bits per heavy atom. The zero-order chi connectivity index (χ0) is 20.9. The van der Waals surface area contributed by atoms with E-state index in [0.29, 0.717) is 13.1 Å². The molecule has 1 fully saturated rings. The van der Waals surface area contributed by atoms with Crippen LogP contribution in [0.15, 0.2) is 30.3 Å². The normalized spacial score (nSPS) is 15.7. The van der Waals surface area contributed by atoms with Crippen molar-refractivity contribution in [3.05, 3.63) is 46.7 Å². The van der Waals surface area contributed by atoms with Gasteiger partial charge in [0.2, 0.25) is 5.91 Å². The molecule has 3 aromatic rings. The molecule has 30 heavy (non-hydrogen) atoms. The lowest BCUT2D eigenvalue weighted by molar-refractivity contribution is -0.122. The number of thiazole rings is 1. The van der Waals surface area contributed by atoms with Crippen LogP contribution in [0.3, 0.4) is 0 Å². The highest BCUT2D eigenvalue weighted by Gasteiger charge is 2.20. The summed E-state index contributed by atoms with van der Waals surface area (Å²) >= 11 is 1.78. The van der Waals surface area contributed by atoms with Crippen LogP contribution in [-0.4, -0.2) is 69.7 Å². The summed E-state index contributed by atoms with van der Waals surface area (Å²) in [6, 6.07) is 10.4. The topological polar surface area (TPSA) is 66.3 Å². The van der Waals surface area contributed by atoms with Gasteiger partial charge >= 0.3 is 0 Å². The summed E-state index contributed by atoms with van der Waals surface area (Å²) < 4.78 is 3.26. The van der Waals surface area contributed by atoms with E-state index in [-0.39, 0.29) is 5.91 Å². The van der Waals surface area contributed by atoms with E-state index in [4.69, 9.17) is 4.98 Å². The molecular weight excluding hydrogens is 396 g/mol. The van der Waals surface area contributed by atoms with Crippen molar-refractivity contribution in [1.29, 1.82) is 0 Å². The number of hydrogen-bond acceptors (Lipinski definition) is 6. The summed E-state index contributed by atoms with van der Waals surface area (Å²) in [5.41, 5.74) is 3.30. The van der Waals surface area contributed by atoms with Crippen LogP contribution in [0.4, 0.5) is 0 Å². The Bertz CT molecular complexity index is 956. The summed E-state index contributed by atoms with van der Waals surface area (Å²) in [6.45, 7) is 10.8. The van der Waals surface area contributed by atoms with E-state index < -0.39 is 0 Å². The van der Waals surface area contributed by atoms with Crippen molar-refractivity contribution < 1.29 is 4.79 Å². The molecule has 4 rings (SSSR count). The van der Waals surface area contributed by atoms with Gasteiger partial charge in [-0.2, -0.15) is 5.10 Å². The van der Waals surface area contributed by atoms with Gasteiger partial charge in [0, 0.05) is 45.0 Å². The van der Waals surface area contributed by atoms with E-state index in [0.717, 1.165) is 56.9 Å². The van der Waals surface area contributed by atoms with Crippen LogP contribution in [-0.2, 0) is 17.9 Å². The maximum absolute atomic E-state index is 12.3. The molecule has 1 amide bonds. The lowest BCUT2D eigenvalue weighted by atomic mass is 10.3. The average Bonchev–Trinajstić information content (AvgIpc) is 3.28. The van der Waals surface area contributed by atoms with Gasteiger partial charge in [0.15, 0.2) is 0 Å². The van der Waals surface area contributed by atoms with E-state index in [1.807, 2.05) is 17.7 Å². The first-order chi connectivity index (χ1) is 14.6. The highest BCUT2D eigenvalue weighted by Crippen LogP contribution is 2.22. The fourth-order valence-corrected chi connectivity index (χ4v) is 4.91. The summed E-state index contributed by atoms with van der Waals surface area (Å²) in [6.07, 6.45) is 0.893. The molecule has 1 saturated heterocycles. The molecule has 0 unspecified atom stereocenters. The predicted octanol–water partition coefficient (Wildman–Crippen LogP) is 2.43. The van der Waals surface area contributed by atoms with Crippen molar-refractivity contribution in [2.45, 2.75) is 33.4 Å². The first-order valence-electron chi connectivity index (χ1n) is 10.6. The molecule has 0 aliphatic carbocycles. The molecule has 1 aliphatic heterocycles. The first-order valence-corrected chi connectivity index (χ1v) is 11.5. The SMILES string of the molecule is Cc1cc(C)n(CCCNC(=O)CN2CCN(Cc3nc4ccccc4s3)CC2)n1. The van der Waals surface area contributed by atoms with Gasteiger partial charge in [-0.3, -0.25) is 19.3 Å². The maximum atomic E-state index is 12.3. The lowest BCUT2D eigenvalue weighted by Crippen LogP contribution is -2.49. The molecule has 0 saturated carbocycles. The van der Waals surface area contributed by atoms with Crippen LogP contribution < -0.4 is 5.32 Å². The van der Waals surface area contributed by atoms with E-state index in [1.165, 1.54) is 15.4 Å². The molecule has 160 valence electrons. The van der Waals surface area contributed by atoms with Gasteiger partial charge < -0.3 is 5.32 Å². The number of amides is 1. The second-order valence-corrected chi connectivity index (χ2v) is 9.10. The average molecular weight is 427 g/mol. The quantitative estimate of drug-likeness (QED) is 0.561. The number of benzene rings is 1. The molecule has 0 atom stereocenters. The number of nitrogens with zero attached hydrogens (tertiary/aromatic N) is 5. The Hall–Kier alpha value is -2.29. The van der Waals surface area contributed by atoms with Crippen LogP contribution >= 0.6 is 11.3 Å². The van der Waals surface area contributed by atoms with Crippen molar-refractivity contribution in [2.24, 2.45) is 0 Å². The molecule has 8 heteroatoms. The van der Waals surface area contributed by atoms with Gasteiger partial charge in [-0.15, -0.1) is 11.3 Å². The third-order valence-electron chi connectivity index (χ3n) is 5.50. The third kappa shape index (κ3) is 5.44. The number of carbonyl (C=O) groups excluding carboxylic acids is 1. The number of para-hydroxylation sites is 1. The van der Waals surface area contributed by atoms with Crippen LogP contribution in [0.2, 0.25) is 0 Å². The highest BCUT2D eigenvalue weighted by molar-refractivity contribution is 7.18. The monoisotopic (exact) mass is 426 g/mol. The third-order valence-corrected chi connectivity index (χ3v) is 6.52. The van der Waals surface area contributed by atoms with Crippen molar-refractivity contribution in [3.8, 4) is 0 Å². The number of rotatable bonds is 8. The van der Waals surface area contributed by atoms with Crippen molar-refractivity contribution in [1.82, 2.24) is 29.9 Å². The Morgan fingerprint density at radius 2 is 1.90 bits per heavy atom. The summed E-state index contributed by atoms with van der Waals surface area (Å²) in [4.78, 5) is 21.7. The summed E-state index contributed by atoms with van der Waals surface area (Å²) in [7, 11) is 0. The van der Waals surface area contributed by atoms with Crippen molar-refractivity contribution >= 4 is 27.5 Å². The van der Waals surface area contributed by atoms with Gasteiger partial charge in [0.05, 0.1) is 29.0 Å². The number of carbonyl (C=O) groups is 1. The van der Waals surface area contributed by atoms with Crippen LogP contribution in [0.25, 0.3) is 10.2 Å². The van der Waals surface area contributed by atoms with E-state index in [9.17, 15) is 4.79 Å². The Kier molecular flexibility index (Phi) is 6.76. The van der Waals surface area contributed by atoms with Gasteiger partial charge in [0.1, 0.15) is 5.01 Å².